The van der Waals surface area contributed by atoms with Crippen LogP contribution in [0.2, 0.25) is 0 Å². The summed E-state index contributed by atoms with van der Waals surface area (Å²) in [6.45, 7) is -0.594. The third-order valence-electron chi connectivity index (χ3n) is 3.69. The van der Waals surface area contributed by atoms with Crippen LogP contribution in [0.4, 0.5) is 0 Å². The molecule has 0 aliphatic heterocycles. The summed E-state index contributed by atoms with van der Waals surface area (Å²) in [5.74, 6) is 0. The zero-order valence-corrected chi connectivity index (χ0v) is 15.4. The van der Waals surface area contributed by atoms with Gasteiger partial charge in [0.1, 0.15) is 13.2 Å². The van der Waals surface area contributed by atoms with Gasteiger partial charge in [-0.2, -0.15) is 8.42 Å². The Morgan fingerprint density at radius 1 is 0.920 bits per heavy atom. The van der Waals surface area contributed by atoms with Crippen LogP contribution in [0.5, 0.6) is 0 Å². The predicted molar refractivity (Wildman–Crippen MR) is 97.4 cm³/mol. The molecule has 2 N–H and O–H groups in total. The van der Waals surface area contributed by atoms with Crippen LogP contribution in [0.25, 0.3) is 0 Å². The van der Waals surface area contributed by atoms with Crippen molar-refractivity contribution in [3.63, 3.8) is 0 Å². The molecule has 0 saturated carbocycles. The minimum atomic E-state index is -3.74. The van der Waals surface area contributed by atoms with Crippen molar-refractivity contribution in [2.75, 3.05) is 19.0 Å². The van der Waals surface area contributed by atoms with E-state index in [9.17, 15) is 23.2 Å². The van der Waals surface area contributed by atoms with E-state index in [2.05, 4.69) is 4.18 Å². The van der Waals surface area contributed by atoms with Crippen molar-refractivity contribution in [1.82, 2.24) is 0 Å². The van der Waals surface area contributed by atoms with E-state index in [0.717, 1.165) is 6.26 Å². The Balaban J connectivity index is 2.27. The molecular weight excluding hydrogens is 363 g/mol. The van der Waals surface area contributed by atoms with Crippen molar-refractivity contribution in [1.29, 1.82) is 0 Å². The van der Waals surface area contributed by atoms with E-state index in [0.29, 0.717) is 10.6 Å². The van der Waals surface area contributed by atoms with Crippen LogP contribution >= 0.6 is 7.14 Å². The fourth-order valence-electron chi connectivity index (χ4n) is 2.39. The Morgan fingerprint density at radius 3 is 1.76 bits per heavy atom. The summed E-state index contributed by atoms with van der Waals surface area (Å²) in [4.78, 5) is 0. The minimum absolute atomic E-state index is 0.227. The highest BCUT2D eigenvalue weighted by atomic mass is 32.2. The van der Waals surface area contributed by atoms with E-state index in [1.54, 1.807) is 60.7 Å². The monoisotopic (exact) mass is 384 g/mol. The second-order valence-electron chi connectivity index (χ2n) is 5.72. The van der Waals surface area contributed by atoms with Gasteiger partial charge in [-0.25, -0.2) is 0 Å². The molecule has 6 nitrogen and oxygen atoms in total. The molecule has 0 heterocycles. The highest BCUT2D eigenvalue weighted by Crippen LogP contribution is 2.44. The minimum Gasteiger partial charge on any atom is -0.390 e. The highest BCUT2D eigenvalue weighted by molar-refractivity contribution is 7.86. The van der Waals surface area contributed by atoms with Gasteiger partial charge in [0.25, 0.3) is 10.1 Å². The Bertz CT molecular complexity index is 779. The second kappa shape index (κ2) is 8.25. The fraction of sp³-hybridized carbons (Fsp3) is 0.294. The van der Waals surface area contributed by atoms with Gasteiger partial charge in [0.05, 0.1) is 19.0 Å². The maximum atomic E-state index is 13.7. The summed E-state index contributed by atoms with van der Waals surface area (Å²) in [7, 11) is -6.95. The zero-order chi connectivity index (χ0) is 18.5. The van der Waals surface area contributed by atoms with Crippen molar-refractivity contribution in [2.45, 2.75) is 12.2 Å². The Labute approximate surface area is 147 Å². The van der Waals surface area contributed by atoms with Gasteiger partial charge in [0.2, 0.25) is 0 Å². The molecule has 0 aliphatic rings. The largest absolute Gasteiger partial charge is 0.390 e. The summed E-state index contributed by atoms with van der Waals surface area (Å²) >= 11 is 0. The number of aliphatic hydroxyl groups excluding tert-OH is 2. The Hall–Kier alpha value is -1.50. The standard InChI is InChI=1S/C17H21O6PS/c1-25(21,22)23-12-16(18)17(19)13-24(20,14-8-4-2-5-9-14)15-10-6-3-7-11-15/h2-11,16-19H,12-13H2,1H3/t16-,17+/m0/s1. The van der Waals surface area contributed by atoms with Gasteiger partial charge < -0.3 is 14.8 Å². The van der Waals surface area contributed by atoms with Gasteiger partial charge in [0, 0.05) is 16.8 Å². The summed E-state index contributed by atoms with van der Waals surface area (Å²) < 4.78 is 40.2. The molecule has 8 heteroatoms. The average molecular weight is 384 g/mol. The van der Waals surface area contributed by atoms with Gasteiger partial charge in [-0.1, -0.05) is 60.7 Å². The molecule has 0 saturated heterocycles. The zero-order valence-electron chi connectivity index (χ0n) is 13.7. The molecule has 2 aromatic carbocycles. The molecule has 136 valence electrons. The average Bonchev–Trinajstić information content (AvgIpc) is 2.60. The third-order valence-corrected chi connectivity index (χ3v) is 7.40. The highest BCUT2D eigenvalue weighted by Gasteiger charge is 2.33. The van der Waals surface area contributed by atoms with E-state index in [4.69, 9.17) is 0 Å². The van der Waals surface area contributed by atoms with Crippen LogP contribution in [-0.4, -0.2) is 49.9 Å². The van der Waals surface area contributed by atoms with Gasteiger partial charge in [0.15, 0.2) is 0 Å². The summed E-state index contributed by atoms with van der Waals surface area (Å²) in [6, 6.07) is 17.4. The number of hydrogen-bond acceptors (Lipinski definition) is 6. The number of hydrogen-bond donors (Lipinski definition) is 2. The SMILES string of the molecule is CS(=O)(=O)OC[C@H](O)[C@H](O)CP(=O)(c1ccccc1)c1ccccc1. The normalized spacial score (nSPS) is 14.8. The molecule has 25 heavy (non-hydrogen) atoms. The van der Waals surface area contributed by atoms with Crippen molar-refractivity contribution in [3.8, 4) is 0 Å². The van der Waals surface area contributed by atoms with Gasteiger partial charge in [-0.15, -0.1) is 0 Å². The molecule has 2 aromatic rings. The molecule has 2 atom stereocenters. The van der Waals surface area contributed by atoms with Crippen LogP contribution in [0, 0.1) is 0 Å². The molecule has 0 radical (unpaired) electrons. The first-order valence-corrected chi connectivity index (χ1v) is 11.3. The van der Waals surface area contributed by atoms with Crippen molar-refractivity contribution in [3.05, 3.63) is 60.7 Å². The Morgan fingerprint density at radius 2 is 1.36 bits per heavy atom. The lowest BCUT2D eigenvalue weighted by atomic mass is 10.2. The molecule has 0 unspecified atom stereocenters. The van der Waals surface area contributed by atoms with E-state index in [1.165, 1.54) is 0 Å². The molecule has 0 spiro atoms. The van der Waals surface area contributed by atoms with Crippen molar-refractivity contribution >= 4 is 27.9 Å². The quantitative estimate of drug-likeness (QED) is 0.513. The molecule has 0 fully saturated rings. The summed E-state index contributed by atoms with van der Waals surface area (Å²) in [5.41, 5.74) is 0. The van der Waals surface area contributed by atoms with E-state index < -0.39 is 36.1 Å². The molecule has 2 rings (SSSR count). The fourth-order valence-corrected chi connectivity index (χ4v) is 5.57. The lowest BCUT2D eigenvalue weighted by Crippen LogP contribution is -2.36. The number of benzene rings is 2. The molecular formula is C17H21O6PS. The summed E-state index contributed by atoms with van der Waals surface area (Å²) in [5, 5.41) is 21.4. The van der Waals surface area contributed by atoms with E-state index in [-0.39, 0.29) is 6.16 Å². The Kier molecular flexibility index (Phi) is 6.54. The number of aliphatic hydroxyl groups is 2. The maximum Gasteiger partial charge on any atom is 0.264 e. The van der Waals surface area contributed by atoms with Crippen LogP contribution in [0.1, 0.15) is 0 Å². The lowest BCUT2D eigenvalue weighted by molar-refractivity contribution is 0.00564. The van der Waals surface area contributed by atoms with Crippen LogP contribution in [-0.2, 0) is 18.9 Å². The third kappa shape index (κ3) is 5.49. The van der Waals surface area contributed by atoms with Crippen LogP contribution in [0.15, 0.2) is 60.7 Å². The molecule has 0 aromatic heterocycles. The smallest absolute Gasteiger partial charge is 0.264 e. The van der Waals surface area contributed by atoms with Gasteiger partial charge in [-0.3, -0.25) is 4.18 Å². The first-order chi connectivity index (χ1) is 11.7. The predicted octanol–water partition coefficient (Wildman–Crippen LogP) is 0.698. The second-order valence-corrected chi connectivity index (χ2v) is 10.2. The van der Waals surface area contributed by atoms with Crippen molar-refractivity contribution < 1.29 is 27.4 Å². The first kappa shape index (κ1) is 19.8. The van der Waals surface area contributed by atoms with E-state index in [1.807, 2.05) is 0 Å². The maximum absolute atomic E-state index is 13.7. The van der Waals surface area contributed by atoms with Crippen molar-refractivity contribution in [2.24, 2.45) is 0 Å². The van der Waals surface area contributed by atoms with Crippen LogP contribution in [0.3, 0.4) is 0 Å². The first-order valence-electron chi connectivity index (χ1n) is 7.63. The summed E-state index contributed by atoms with van der Waals surface area (Å²) in [6.07, 6.45) is -2.26. The van der Waals surface area contributed by atoms with Gasteiger partial charge >= 0.3 is 0 Å². The lowest BCUT2D eigenvalue weighted by Gasteiger charge is -2.24. The van der Waals surface area contributed by atoms with E-state index >= 15 is 0 Å². The van der Waals surface area contributed by atoms with Crippen LogP contribution < -0.4 is 10.6 Å². The van der Waals surface area contributed by atoms with Gasteiger partial charge in [-0.05, 0) is 0 Å². The topological polar surface area (TPSA) is 101 Å². The molecule has 0 bridgehead atoms. The number of rotatable bonds is 8. The molecule has 0 amide bonds. The molecule has 0 aliphatic carbocycles.